The molecule has 3 heteroatoms. The van der Waals surface area contributed by atoms with Crippen molar-refractivity contribution in [3.63, 3.8) is 0 Å². The molecule has 2 aliphatic carbocycles. The Morgan fingerprint density at radius 2 is 0.938 bits per heavy atom. The average molecular weight is 616 g/mol. The standard InChI is InChI=1S/C45H33N3/c46-48-44(47-43(32-16-5-2-6-17-32)33-28-26-31(27-29-33)30-14-3-1-4-15-30)37-21-13-25-41-42(37)36-20-9-12-24-40(36)45(41)38-22-10-7-18-34(38)35-19-8-11-23-39(35)45/h1-29,43H,46H2,(H,47,48). The molecule has 7 aromatic rings. The van der Waals surface area contributed by atoms with Crippen LogP contribution in [0.4, 0.5) is 0 Å². The second kappa shape index (κ2) is 11.3. The summed E-state index contributed by atoms with van der Waals surface area (Å²) in [5, 5.41) is 0. The van der Waals surface area contributed by atoms with E-state index >= 15 is 0 Å². The number of nitrogens with two attached hydrogens (primary N) is 1. The van der Waals surface area contributed by atoms with E-state index in [9.17, 15) is 0 Å². The van der Waals surface area contributed by atoms with Gasteiger partial charge in [-0.2, -0.15) is 0 Å². The number of nitrogens with one attached hydrogen (secondary N) is 1. The first kappa shape index (κ1) is 28.2. The lowest BCUT2D eigenvalue weighted by atomic mass is 9.70. The Labute approximate surface area is 281 Å². The van der Waals surface area contributed by atoms with Crippen LogP contribution in [0.2, 0.25) is 0 Å². The molecular weight excluding hydrogens is 583 g/mol. The van der Waals surface area contributed by atoms with Crippen molar-refractivity contribution in [2.45, 2.75) is 11.5 Å². The Balaban J connectivity index is 1.25. The zero-order valence-corrected chi connectivity index (χ0v) is 26.3. The van der Waals surface area contributed by atoms with E-state index in [2.05, 4.69) is 169 Å². The lowest BCUT2D eigenvalue weighted by molar-refractivity contribution is 0.793. The number of nitrogens with zero attached hydrogens (tertiary/aromatic N) is 1. The first-order valence-corrected chi connectivity index (χ1v) is 16.5. The van der Waals surface area contributed by atoms with Crippen LogP contribution >= 0.6 is 0 Å². The van der Waals surface area contributed by atoms with Crippen molar-refractivity contribution in [2.75, 3.05) is 0 Å². The maximum absolute atomic E-state index is 6.44. The molecule has 0 saturated heterocycles. The molecule has 1 atom stereocenters. The number of rotatable bonds is 5. The Morgan fingerprint density at radius 1 is 0.458 bits per heavy atom. The van der Waals surface area contributed by atoms with Crippen molar-refractivity contribution < 1.29 is 0 Å². The summed E-state index contributed by atoms with van der Waals surface area (Å²) < 4.78 is 0. The van der Waals surface area contributed by atoms with Crippen molar-refractivity contribution >= 4 is 5.84 Å². The highest BCUT2D eigenvalue weighted by Gasteiger charge is 2.52. The molecule has 1 spiro atoms. The fourth-order valence-electron chi connectivity index (χ4n) is 8.12. The van der Waals surface area contributed by atoms with Crippen molar-refractivity contribution in [2.24, 2.45) is 10.8 Å². The minimum atomic E-state index is -0.430. The van der Waals surface area contributed by atoms with Crippen LogP contribution in [0.3, 0.4) is 0 Å². The molecule has 0 heterocycles. The maximum atomic E-state index is 6.44. The van der Waals surface area contributed by atoms with Crippen LogP contribution in [0.5, 0.6) is 0 Å². The fraction of sp³-hybridized carbons (Fsp3) is 0.0444. The van der Waals surface area contributed by atoms with Gasteiger partial charge < -0.3 is 5.43 Å². The largest absolute Gasteiger partial charge is 0.308 e. The van der Waals surface area contributed by atoms with Gasteiger partial charge in [0.25, 0.3) is 0 Å². The average Bonchev–Trinajstić information content (AvgIpc) is 3.64. The molecule has 0 fully saturated rings. The molecule has 0 radical (unpaired) electrons. The lowest BCUT2D eigenvalue weighted by Crippen LogP contribution is -2.32. The smallest absolute Gasteiger partial charge is 0.144 e. The third-order valence-corrected chi connectivity index (χ3v) is 10.1. The Bertz CT molecular complexity index is 2280. The summed E-state index contributed by atoms with van der Waals surface area (Å²) in [4.78, 5) is 5.44. The summed E-state index contributed by atoms with van der Waals surface area (Å²) in [5.41, 5.74) is 18.3. The van der Waals surface area contributed by atoms with Gasteiger partial charge in [0, 0.05) is 5.56 Å². The summed E-state index contributed by atoms with van der Waals surface area (Å²) >= 11 is 0. The summed E-state index contributed by atoms with van der Waals surface area (Å²) in [6.07, 6.45) is 0. The zero-order valence-electron chi connectivity index (χ0n) is 26.3. The molecule has 228 valence electrons. The number of hydrogen-bond acceptors (Lipinski definition) is 2. The van der Waals surface area contributed by atoms with Gasteiger partial charge in [-0.25, -0.2) is 5.84 Å². The van der Waals surface area contributed by atoms with Crippen molar-refractivity contribution in [3.8, 4) is 33.4 Å². The lowest BCUT2D eigenvalue weighted by Gasteiger charge is -2.30. The molecule has 9 rings (SSSR count). The van der Waals surface area contributed by atoms with Gasteiger partial charge in [-0.3, -0.25) is 4.99 Å². The Morgan fingerprint density at radius 3 is 1.56 bits per heavy atom. The molecule has 48 heavy (non-hydrogen) atoms. The first-order valence-electron chi connectivity index (χ1n) is 16.5. The topological polar surface area (TPSA) is 50.4 Å². The summed E-state index contributed by atoms with van der Waals surface area (Å²) in [7, 11) is 0. The number of aliphatic imine (C=N–C) groups is 1. The number of benzene rings is 7. The monoisotopic (exact) mass is 615 g/mol. The van der Waals surface area contributed by atoms with E-state index in [-0.39, 0.29) is 6.04 Å². The van der Waals surface area contributed by atoms with E-state index < -0.39 is 5.41 Å². The van der Waals surface area contributed by atoms with Crippen LogP contribution in [0.1, 0.15) is 45.0 Å². The second-order valence-electron chi connectivity index (χ2n) is 12.5. The summed E-state index contributed by atoms with van der Waals surface area (Å²) in [6.45, 7) is 0. The van der Waals surface area contributed by atoms with Crippen LogP contribution in [0, 0.1) is 0 Å². The van der Waals surface area contributed by atoms with Gasteiger partial charge in [-0.15, -0.1) is 0 Å². The number of hydrogen-bond donors (Lipinski definition) is 2. The molecule has 3 nitrogen and oxygen atoms in total. The predicted molar refractivity (Wildman–Crippen MR) is 197 cm³/mol. The third kappa shape index (κ3) is 4.15. The minimum absolute atomic E-state index is 0.267. The third-order valence-electron chi connectivity index (χ3n) is 10.1. The molecule has 0 aromatic heterocycles. The fourth-order valence-corrected chi connectivity index (χ4v) is 8.12. The van der Waals surface area contributed by atoms with Crippen LogP contribution < -0.4 is 11.3 Å². The number of amidine groups is 1. The van der Waals surface area contributed by atoms with Crippen molar-refractivity contribution in [1.29, 1.82) is 0 Å². The number of hydrazine groups is 1. The van der Waals surface area contributed by atoms with E-state index in [1.165, 1.54) is 55.6 Å². The molecule has 0 saturated carbocycles. The highest BCUT2D eigenvalue weighted by molar-refractivity contribution is 6.08. The SMILES string of the molecule is NN/C(=N\C(c1ccccc1)c1ccc(-c2ccccc2)cc1)c1cccc2c1-c1ccccc1C21c2ccccc2-c2ccccc21. The first-order chi connectivity index (χ1) is 23.8. The van der Waals surface area contributed by atoms with E-state index in [4.69, 9.17) is 10.8 Å². The minimum Gasteiger partial charge on any atom is -0.308 e. The zero-order chi connectivity index (χ0) is 32.1. The Hall–Kier alpha value is -6.03. The molecule has 0 aliphatic heterocycles. The van der Waals surface area contributed by atoms with Gasteiger partial charge in [-0.05, 0) is 66.8 Å². The van der Waals surface area contributed by atoms with Gasteiger partial charge in [0.05, 0.1) is 5.41 Å². The highest BCUT2D eigenvalue weighted by Crippen LogP contribution is 2.63. The van der Waals surface area contributed by atoms with E-state index in [1.807, 2.05) is 12.1 Å². The van der Waals surface area contributed by atoms with E-state index in [0.717, 1.165) is 16.7 Å². The van der Waals surface area contributed by atoms with Gasteiger partial charge in [0.1, 0.15) is 11.9 Å². The van der Waals surface area contributed by atoms with E-state index in [1.54, 1.807) is 0 Å². The predicted octanol–water partition coefficient (Wildman–Crippen LogP) is 9.70. The Kier molecular flexibility index (Phi) is 6.67. The summed E-state index contributed by atoms with van der Waals surface area (Å²) in [6, 6.07) is 62.6. The van der Waals surface area contributed by atoms with Crippen molar-refractivity contribution in [1.82, 2.24) is 5.43 Å². The number of fused-ring (bicyclic) bond motifs is 10. The van der Waals surface area contributed by atoms with E-state index in [0.29, 0.717) is 5.84 Å². The van der Waals surface area contributed by atoms with Gasteiger partial charge in [-0.1, -0.05) is 176 Å². The van der Waals surface area contributed by atoms with Gasteiger partial charge in [0.15, 0.2) is 0 Å². The van der Waals surface area contributed by atoms with Crippen LogP contribution in [0.15, 0.2) is 181 Å². The van der Waals surface area contributed by atoms with Gasteiger partial charge in [0.2, 0.25) is 0 Å². The normalized spacial score (nSPS) is 14.1. The van der Waals surface area contributed by atoms with Crippen LogP contribution in [0.25, 0.3) is 33.4 Å². The molecule has 0 amide bonds. The molecule has 7 aromatic carbocycles. The maximum Gasteiger partial charge on any atom is 0.144 e. The molecule has 3 N–H and O–H groups in total. The van der Waals surface area contributed by atoms with Gasteiger partial charge >= 0.3 is 0 Å². The highest BCUT2D eigenvalue weighted by atomic mass is 15.3. The van der Waals surface area contributed by atoms with Crippen LogP contribution in [-0.2, 0) is 5.41 Å². The molecule has 2 aliphatic rings. The molecule has 1 unspecified atom stereocenters. The molecule has 0 bridgehead atoms. The van der Waals surface area contributed by atoms with Crippen LogP contribution in [-0.4, -0.2) is 5.84 Å². The second-order valence-corrected chi connectivity index (χ2v) is 12.5. The quantitative estimate of drug-likeness (QED) is 0.0877. The summed E-state index contributed by atoms with van der Waals surface area (Å²) in [5.74, 6) is 7.09. The molecular formula is C45H33N3. The van der Waals surface area contributed by atoms with Crippen molar-refractivity contribution in [3.05, 3.63) is 215 Å².